The van der Waals surface area contributed by atoms with Crippen LogP contribution in [0.1, 0.15) is 39.7 Å². The van der Waals surface area contributed by atoms with E-state index in [2.05, 4.69) is 11.1 Å². The van der Waals surface area contributed by atoms with Crippen LogP contribution in [-0.2, 0) is 20.9 Å². The molecule has 1 unspecified atom stereocenters. The molecule has 0 fully saturated rings. The molecule has 0 aliphatic carbocycles. The number of amides is 2. The normalized spacial score (nSPS) is 10.5. The van der Waals surface area contributed by atoms with Gasteiger partial charge in [-0.2, -0.15) is 0 Å². The maximum atomic E-state index is 12.0. The van der Waals surface area contributed by atoms with Gasteiger partial charge in [0.25, 0.3) is 0 Å². The average molecular weight is 398 g/mol. The van der Waals surface area contributed by atoms with Gasteiger partial charge in [0.05, 0.1) is 19.1 Å². The lowest BCUT2D eigenvalue weighted by atomic mass is 10.1. The number of aliphatic hydroxyl groups is 1. The molecular weight excluding hydrogens is 362 g/mol. The van der Waals surface area contributed by atoms with E-state index in [4.69, 9.17) is 9.84 Å². The third-order valence-electron chi connectivity index (χ3n) is 3.50. The van der Waals surface area contributed by atoms with Crippen molar-refractivity contribution in [2.45, 2.75) is 46.8 Å². The number of nitrogens with one attached hydrogen (secondary N) is 1. The molecule has 0 radical (unpaired) electrons. The predicted molar refractivity (Wildman–Crippen MR) is 111 cm³/mol. The minimum absolute atomic E-state index is 0.00173. The van der Waals surface area contributed by atoms with E-state index in [1.54, 1.807) is 24.3 Å². The van der Waals surface area contributed by atoms with Gasteiger partial charge in [-0.15, -0.1) is 0 Å². The van der Waals surface area contributed by atoms with Crippen LogP contribution in [0.2, 0.25) is 0 Å². The highest BCUT2D eigenvalue weighted by Gasteiger charge is 2.23. The Balaban J connectivity index is 0. The van der Waals surface area contributed by atoms with E-state index in [0.717, 1.165) is 11.8 Å². The molecule has 0 aromatic heterocycles. The van der Waals surface area contributed by atoms with Crippen LogP contribution in [-0.4, -0.2) is 55.0 Å². The Bertz CT molecular complexity index is 561. The number of ether oxygens (including phenoxy) is 1. The van der Waals surface area contributed by atoms with Gasteiger partial charge in [-0.25, -0.2) is 4.79 Å². The van der Waals surface area contributed by atoms with Crippen molar-refractivity contribution in [3.8, 4) is 0 Å². The Hall–Kier alpha value is -2.45. The van der Waals surface area contributed by atoms with Crippen molar-refractivity contribution in [3.05, 3.63) is 29.8 Å². The molecule has 1 atom stereocenters. The molecule has 1 aromatic carbocycles. The fraction of sp³-hybridized carbons (Fsp3) is 0.550. The summed E-state index contributed by atoms with van der Waals surface area (Å²) in [6.45, 7) is 7.57. The van der Waals surface area contributed by atoms with Gasteiger partial charge in [0.1, 0.15) is 12.9 Å². The number of carbonyl (C=O) groups excluding carboxylic acids is 3. The molecule has 0 aliphatic heterocycles. The van der Waals surface area contributed by atoms with Gasteiger partial charge in [0, 0.05) is 12.7 Å². The Kier molecular flexibility index (Phi) is 16.6. The summed E-state index contributed by atoms with van der Waals surface area (Å²) in [5, 5.41) is 11.3. The second-order valence-electron chi connectivity index (χ2n) is 5.75. The third kappa shape index (κ3) is 10.6. The van der Waals surface area contributed by atoms with Crippen molar-refractivity contribution in [3.63, 3.8) is 0 Å². The summed E-state index contributed by atoms with van der Waals surface area (Å²) in [6, 6.07) is 6.29. The summed E-state index contributed by atoms with van der Waals surface area (Å²) in [6.07, 6.45) is 0.205. The molecule has 8 heteroatoms. The molecule has 28 heavy (non-hydrogen) atoms. The van der Waals surface area contributed by atoms with Crippen molar-refractivity contribution in [2.24, 2.45) is 11.7 Å². The van der Waals surface area contributed by atoms with E-state index in [1.807, 2.05) is 27.7 Å². The molecule has 160 valence electrons. The molecule has 1 rings (SSSR count). The Labute approximate surface area is 168 Å². The molecule has 0 bridgehead atoms. The maximum Gasteiger partial charge on any atom is 0.410 e. The standard InChI is InChI=1S/C17H24N2O5.C2H6.CH5N/c1-12(2)15(10-21)19(3)17(23)24-11-13-4-6-14(7-5-13)18-16(22)8-9-20;2*1-2/h4-7,10,12,15,20H,8-9,11H2,1-3H3,(H,18,22);1-2H3;2H2,1H3. The van der Waals surface area contributed by atoms with Gasteiger partial charge in [-0.3, -0.25) is 4.79 Å². The molecule has 4 N–H and O–H groups in total. The topological polar surface area (TPSA) is 122 Å². The summed E-state index contributed by atoms with van der Waals surface area (Å²) in [5.41, 5.74) is 5.85. The summed E-state index contributed by atoms with van der Waals surface area (Å²) < 4.78 is 5.19. The third-order valence-corrected chi connectivity index (χ3v) is 3.50. The van der Waals surface area contributed by atoms with E-state index in [0.29, 0.717) is 5.69 Å². The predicted octanol–water partition coefficient (Wildman–Crippen LogP) is 2.40. The van der Waals surface area contributed by atoms with E-state index in [-0.39, 0.29) is 31.5 Å². The molecule has 1 aromatic rings. The van der Waals surface area contributed by atoms with Crippen molar-refractivity contribution in [1.29, 1.82) is 0 Å². The van der Waals surface area contributed by atoms with E-state index in [1.165, 1.54) is 19.0 Å². The molecule has 0 saturated heterocycles. The molecule has 0 aliphatic rings. The highest BCUT2D eigenvalue weighted by atomic mass is 16.6. The fourth-order valence-corrected chi connectivity index (χ4v) is 2.07. The number of hydrogen-bond donors (Lipinski definition) is 3. The first kappa shape index (κ1) is 27.8. The molecule has 8 nitrogen and oxygen atoms in total. The average Bonchev–Trinajstić information content (AvgIpc) is 2.70. The number of likely N-dealkylation sites (N-methyl/N-ethyl adjacent to an activating group) is 1. The van der Waals surface area contributed by atoms with Gasteiger partial charge in [0.2, 0.25) is 5.91 Å². The summed E-state index contributed by atoms with van der Waals surface area (Å²) in [5.74, 6) is -0.270. The first-order chi connectivity index (χ1) is 13.4. The number of rotatable bonds is 8. The number of nitrogens with zero attached hydrogens (tertiary/aromatic N) is 1. The van der Waals surface area contributed by atoms with Gasteiger partial charge in [-0.1, -0.05) is 39.8 Å². The van der Waals surface area contributed by atoms with Gasteiger partial charge in [-0.05, 0) is 30.7 Å². The smallest absolute Gasteiger partial charge is 0.410 e. The number of aldehydes is 1. The van der Waals surface area contributed by atoms with Gasteiger partial charge >= 0.3 is 6.09 Å². The van der Waals surface area contributed by atoms with Crippen LogP contribution in [0, 0.1) is 5.92 Å². The fourth-order valence-electron chi connectivity index (χ4n) is 2.07. The lowest BCUT2D eigenvalue weighted by Crippen LogP contribution is -2.41. The number of hydrogen-bond acceptors (Lipinski definition) is 6. The number of benzene rings is 1. The number of carbonyl (C=O) groups is 3. The highest BCUT2D eigenvalue weighted by molar-refractivity contribution is 5.90. The maximum absolute atomic E-state index is 12.0. The SMILES string of the molecule is CC.CC(C)C(C=O)N(C)C(=O)OCc1ccc(NC(=O)CCO)cc1.CN. The van der Waals surface area contributed by atoms with Crippen LogP contribution in [0.5, 0.6) is 0 Å². The largest absolute Gasteiger partial charge is 0.445 e. The van der Waals surface area contributed by atoms with Crippen LogP contribution in [0.25, 0.3) is 0 Å². The van der Waals surface area contributed by atoms with E-state index in [9.17, 15) is 14.4 Å². The zero-order valence-corrected chi connectivity index (χ0v) is 17.8. The number of anilines is 1. The Morgan fingerprint density at radius 3 is 2.18 bits per heavy atom. The van der Waals surface area contributed by atoms with Crippen molar-refractivity contribution >= 4 is 24.0 Å². The van der Waals surface area contributed by atoms with Gasteiger partial charge in [0.15, 0.2) is 0 Å². The summed E-state index contributed by atoms with van der Waals surface area (Å²) in [4.78, 5) is 35.6. The Morgan fingerprint density at radius 2 is 1.75 bits per heavy atom. The number of aliphatic hydroxyl groups excluding tert-OH is 1. The van der Waals surface area contributed by atoms with Crippen LogP contribution in [0.15, 0.2) is 24.3 Å². The monoisotopic (exact) mass is 397 g/mol. The molecule has 0 heterocycles. The minimum atomic E-state index is -0.568. The zero-order chi connectivity index (χ0) is 22.1. The lowest BCUT2D eigenvalue weighted by molar-refractivity contribution is -0.116. The van der Waals surface area contributed by atoms with Crippen LogP contribution in [0.3, 0.4) is 0 Å². The second kappa shape index (κ2) is 16.7. The lowest BCUT2D eigenvalue weighted by Gasteiger charge is -2.25. The van der Waals surface area contributed by atoms with Crippen molar-refractivity contribution in [1.82, 2.24) is 4.90 Å². The van der Waals surface area contributed by atoms with Gasteiger partial charge < -0.3 is 30.6 Å². The Morgan fingerprint density at radius 1 is 1.21 bits per heavy atom. The second-order valence-corrected chi connectivity index (χ2v) is 5.75. The molecular formula is C20H35N3O5. The summed E-state index contributed by atoms with van der Waals surface area (Å²) >= 11 is 0. The quantitative estimate of drug-likeness (QED) is 0.579. The van der Waals surface area contributed by atoms with Crippen LogP contribution in [0.4, 0.5) is 10.5 Å². The van der Waals surface area contributed by atoms with Crippen molar-refractivity contribution < 1.29 is 24.2 Å². The van der Waals surface area contributed by atoms with Crippen LogP contribution < -0.4 is 11.1 Å². The van der Waals surface area contributed by atoms with E-state index < -0.39 is 12.1 Å². The molecule has 2 amide bonds. The molecule has 0 spiro atoms. The first-order valence-corrected chi connectivity index (χ1v) is 9.31. The number of nitrogens with two attached hydrogens (primary N) is 1. The summed E-state index contributed by atoms with van der Waals surface area (Å²) in [7, 11) is 3.03. The van der Waals surface area contributed by atoms with Crippen molar-refractivity contribution in [2.75, 3.05) is 26.0 Å². The zero-order valence-electron chi connectivity index (χ0n) is 17.8. The minimum Gasteiger partial charge on any atom is -0.445 e. The highest BCUT2D eigenvalue weighted by Crippen LogP contribution is 2.13. The molecule has 0 saturated carbocycles. The first-order valence-electron chi connectivity index (χ1n) is 9.31. The van der Waals surface area contributed by atoms with E-state index >= 15 is 0 Å². The van der Waals surface area contributed by atoms with Crippen LogP contribution >= 0.6 is 0 Å².